The van der Waals surface area contributed by atoms with Gasteiger partial charge in [-0.2, -0.15) is 0 Å². The van der Waals surface area contributed by atoms with Crippen LogP contribution in [-0.4, -0.2) is 67.3 Å². The Kier molecular flexibility index (Phi) is 6.43. The quantitative estimate of drug-likeness (QED) is 0.484. The summed E-state index contributed by atoms with van der Waals surface area (Å²) < 4.78 is 18.0. The van der Waals surface area contributed by atoms with Gasteiger partial charge in [0.15, 0.2) is 11.5 Å². The van der Waals surface area contributed by atoms with Crippen molar-refractivity contribution >= 4 is 38.4 Å². The van der Waals surface area contributed by atoms with E-state index >= 15 is 0 Å². The molecule has 2 aromatic carbocycles. The highest BCUT2D eigenvalue weighted by Crippen LogP contribution is 2.41. The number of ether oxygens (including phenoxy) is 3. The van der Waals surface area contributed by atoms with Crippen LogP contribution < -0.4 is 14.8 Å². The highest BCUT2D eigenvalue weighted by molar-refractivity contribution is 9.10. The lowest BCUT2D eigenvalue weighted by Gasteiger charge is -2.26. The van der Waals surface area contributed by atoms with Crippen LogP contribution in [0.3, 0.4) is 0 Å². The summed E-state index contributed by atoms with van der Waals surface area (Å²) in [7, 11) is 1.61. The SMILES string of the molecule is COc1cc2c(C3C(=O)Nc4ccc(Br)cc43)ncnc2cc1OCCCN1CCOCC1. The first-order chi connectivity index (χ1) is 16.1. The van der Waals surface area contributed by atoms with Crippen LogP contribution in [0.5, 0.6) is 11.5 Å². The van der Waals surface area contributed by atoms with Crippen molar-refractivity contribution in [3.63, 3.8) is 0 Å². The second-order valence-corrected chi connectivity index (χ2v) is 9.00. The summed E-state index contributed by atoms with van der Waals surface area (Å²) in [5.74, 6) is 0.604. The number of anilines is 1. The molecule has 0 aliphatic carbocycles. The lowest BCUT2D eigenvalue weighted by Crippen LogP contribution is -2.37. The van der Waals surface area contributed by atoms with Crippen LogP contribution in [0.4, 0.5) is 5.69 Å². The molecule has 5 rings (SSSR count). The lowest BCUT2D eigenvalue weighted by atomic mass is 9.94. The molecule has 2 aliphatic heterocycles. The van der Waals surface area contributed by atoms with Crippen molar-refractivity contribution < 1.29 is 19.0 Å². The molecule has 2 aliphatic rings. The van der Waals surface area contributed by atoms with E-state index in [2.05, 4.69) is 36.1 Å². The number of carbonyl (C=O) groups is 1. The molecule has 33 heavy (non-hydrogen) atoms. The van der Waals surface area contributed by atoms with Crippen molar-refractivity contribution in [2.45, 2.75) is 12.3 Å². The zero-order chi connectivity index (χ0) is 22.8. The first kappa shape index (κ1) is 22.1. The Morgan fingerprint density at radius 3 is 2.85 bits per heavy atom. The molecule has 3 aromatic rings. The molecule has 1 aromatic heterocycles. The van der Waals surface area contributed by atoms with Gasteiger partial charge in [-0.15, -0.1) is 0 Å². The molecule has 9 heteroatoms. The van der Waals surface area contributed by atoms with Crippen molar-refractivity contribution in [3.05, 3.63) is 52.4 Å². The summed E-state index contributed by atoms with van der Waals surface area (Å²) in [6, 6.07) is 9.48. The molecule has 0 spiro atoms. The fourth-order valence-corrected chi connectivity index (χ4v) is 4.76. The van der Waals surface area contributed by atoms with Crippen molar-refractivity contribution in [1.82, 2.24) is 14.9 Å². The predicted molar refractivity (Wildman–Crippen MR) is 128 cm³/mol. The maximum Gasteiger partial charge on any atom is 0.238 e. The molecule has 172 valence electrons. The van der Waals surface area contributed by atoms with Gasteiger partial charge in [-0.05, 0) is 36.2 Å². The van der Waals surface area contributed by atoms with Crippen LogP contribution in [0.15, 0.2) is 41.1 Å². The average molecular weight is 513 g/mol. The Balaban J connectivity index is 1.40. The number of morpholine rings is 1. The molecule has 1 fully saturated rings. The van der Waals surface area contributed by atoms with Gasteiger partial charge in [0, 0.05) is 41.2 Å². The number of amides is 1. The van der Waals surface area contributed by atoms with Crippen molar-refractivity contribution in [1.29, 1.82) is 0 Å². The normalized spacial score (nSPS) is 18.2. The third-order valence-electron chi connectivity index (χ3n) is 6.05. The zero-order valence-electron chi connectivity index (χ0n) is 18.3. The molecule has 3 heterocycles. The maximum absolute atomic E-state index is 12.9. The minimum Gasteiger partial charge on any atom is -0.493 e. The zero-order valence-corrected chi connectivity index (χ0v) is 19.9. The number of carbonyl (C=O) groups excluding carboxylic acids is 1. The molecule has 1 atom stereocenters. The Morgan fingerprint density at radius 1 is 1.18 bits per heavy atom. The molecule has 1 saturated heterocycles. The van der Waals surface area contributed by atoms with E-state index in [0.29, 0.717) is 29.3 Å². The Bertz CT molecular complexity index is 1180. The van der Waals surface area contributed by atoms with Crippen molar-refractivity contribution in [3.8, 4) is 11.5 Å². The van der Waals surface area contributed by atoms with Gasteiger partial charge in [0.05, 0.1) is 38.1 Å². The number of aromatic nitrogens is 2. The van der Waals surface area contributed by atoms with E-state index in [1.165, 1.54) is 6.33 Å². The van der Waals surface area contributed by atoms with Gasteiger partial charge >= 0.3 is 0 Å². The molecule has 1 amide bonds. The van der Waals surface area contributed by atoms with Gasteiger partial charge in [0.1, 0.15) is 12.2 Å². The first-order valence-electron chi connectivity index (χ1n) is 11.0. The third kappa shape index (κ3) is 4.53. The van der Waals surface area contributed by atoms with E-state index in [1.54, 1.807) is 7.11 Å². The van der Waals surface area contributed by atoms with Gasteiger partial charge < -0.3 is 19.5 Å². The minimum absolute atomic E-state index is 0.106. The van der Waals surface area contributed by atoms with Crippen LogP contribution in [0.1, 0.15) is 23.6 Å². The fraction of sp³-hybridized carbons (Fsp3) is 0.375. The molecular formula is C24H25BrN4O4. The number of nitrogens with zero attached hydrogens (tertiary/aromatic N) is 3. The molecule has 0 radical (unpaired) electrons. The van der Waals surface area contributed by atoms with Gasteiger partial charge in [-0.25, -0.2) is 9.97 Å². The first-order valence-corrected chi connectivity index (χ1v) is 11.8. The summed E-state index contributed by atoms with van der Waals surface area (Å²) in [6.07, 6.45) is 2.40. The summed E-state index contributed by atoms with van der Waals surface area (Å²) in [5.41, 5.74) is 3.04. The molecule has 0 saturated carbocycles. The van der Waals surface area contributed by atoms with Crippen LogP contribution in [0.25, 0.3) is 10.9 Å². The Labute approximate surface area is 200 Å². The number of hydrogen-bond acceptors (Lipinski definition) is 7. The second-order valence-electron chi connectivity index (χ2n) is 8.09. The molecule has 0 bridgehead atoms. The van der Waals surface area contributed by atoms with E-state index in [0.717, 1.165) is 60.4 Å². The van der Waals surface area contributed by atoms with E-state index in [9.17, 15) is 4.79 Å². The van der Waals surface area contributed by atoms with E-state index in [1.807, 2.05) is 30.3 Å². The standard InChI is InChI=1S/C24H25BrN4O4/c1-31-20-12-17-19(13-21(20)33-8-2-5-29-6-9-32-10-7-29)26-14-27-23(17)22-16-11-15(25)3-4-18(16)28-24(22)30/h3-4,11-14,22H,2,5-10H2,1H3,(H,28,30). The summed E-state index contributed by atoms with van der Waals surface area (Å²) >= 11 is 3.50. The second kappa shape index (κ2) is 9.62. The number of hydrogen-bond donors (Lipinski definition) is 1. The number of halogens is 1. The van der Waals surface area contributed by atoms with E-state index in [-0.39, 0.29) is 5.91 Å². The minimum atomic E-state index is -0.520. The number of methoxy groups -OCH3 is 1. The van der Waals surface area contributed by atoms with Crippen LogP contribution in [0.2, 0.25) is 0 Å². The fourth-order valence-electron chi connectivity index (χ4n) is 4.39. The number of nitrogens with one attached hydrogen (secondary N) is 1. The van der Waals surface area contributed by atoms with Gasteiger partial charge in [-0.3, -0.25) is 9.69 Å². The Hall–Kier alpha value is -2.75. The number of benzene rings is 2. The Morgan fingerprint density at radius 2 is 2.03 bits per heavy atom. The molecular weight excluding hydrogens is 488 g/mol. The number of rotatable bonds is 7. The third-order valence-corrected chi connectivity index (χ3v) is 6.54. The number of fused-ring (bicyclic) bond motifs is 2. The predicted octanol–water partition coefficient (Wildman–Crippen LogP) is 3.59. The van der Waals surface area contributed by atoms with Crippen LogP contribution >= 0.6 is 15.9 Å². The van der Waals surface area contributed by atoms with Gasteiger partial charge in [-0.1, -0.05) is 15.9 Å². The van der Waals surface area contributed by atoms with E-state index < -0.39 is 5.92 Å². The maximum atomic E-state index is 12.9. The van der Waals surface area contributed by atoms with Crippen LogP contribution in [0, 0.1) is 0 Å². The summed E-state index contributed by atoms with van der Waals surface area (Å²) in [4.78, 5) is 24.2. The molecule has 1 unspecified atom stereocenters. The topological polar surface area (TPSA) is 85.8 Å². The van der Waals surface area contributed by atoms with Crippen LogP contribution in [-0.2, 0) is 9.53 Å². The van der Waals surface area contributed by atoms with Crippen molar-refractivity contribution in [2.24, 2.45) is 0 Å². The van der Waals surface area contributed by atoms with E-state index in [4.69, 9.17) is 14.2 Å². The van der Waals surface area contributed by atoms with Gasteiger partial charge in [0.25, 0.3) is 0 Å². The highest BCUT2D eigenvalue weighted by Gasteiger charge is 2.34. The lowest BCUT2D eigenvalue weighted by molar-refractivity contribution is -0.116. The molecule has 1 N–H and O–H groups in total. The summed E-state index contributed by atoms with van der Waals surface area (Å²) in [5, 5.41) is 3.72. The average Bonchev–Trinajstić information content (AvgIpc) is 3.16. The van der Waals surface area contributed by atoms with Crippen molar-refractivity contribution in [2.75, 3.05) is 51.9 Å². The highest BCUT2D eigenvalue weighted by atomic mass is 79.9. The largest absolute Gasteiger partial charge is 0.493 e. The summed E-state index contributed by atoms with van der Waals surface area (Å²) in [6.45, 7) is 5.06. The molecule has 8 nitrogen and oxygen atoms in total. The van der Waals surface area contributed by atoms with Gasteiger partial charge in [0.2, 0.25) is 5.91 Å². The smallest absolute Gasteiger partial charge is 0.238 e. The monoisotopic (exact) mass is 512 g/mol.